The lowest BCUT2D eigenvalue weighted by atomic mass is 9.78. The SMILES string of the molecule is O=C1NC2CCCCC2C1CCCN1CCC(CC2CCCCC2)CC1. The Hall–Kier alpha value is -0.570. The van der Waals surface area contributed by atoms with Gasteiger partial charge in [-0.3, -0.25) is 4.79 Å². The lowest BCUT2D eigenvalue weighted by molar-refractivity contribution is -0.123. The molecule has 0 aromatic heterocycles. The molecule has 2 aliphatic heterocycles. The van der Waals surface area contributed by atoms with E-state index in [-0.39, 0.29) is 0 Å². The van der Waals surface area contributed by atoms with Crippen LogP contribution in [-0.4, -0.2) is 36.5 Å². The zero-order valence-corrected chi connectivity index (χ0v) is 16.8. The molecule has 3 nitrogen and oxygen atoms in total. The molecule has 1 N–H and O–H groups in total. The van der Waals surface area contributed by atoms with E-state index in [9.17, 15) is 4.79 Å². The first-order valence-electron chi connectivity index (χ1n) is 11.8. The van der Waals surface area contributed by atoms with E-state index in [1.807, 2.05) is 0 Å². The molecule has 2 saturated heterocycles. The van der Waals surface area contributed by atoms with Crippen LogP contribution in [0.5, 0.6) is 0 Å². The lowest BCUT2D eigenvalue weighted by Gasteiger charge is -2.34. The van der Waals surface area contributed by atoms with Crippen LogP contribution in [0.1, 0.15) is 89.9 Å². The van der Waals surface area contributed by atoms with Crippen LogP contribution < -0.4 is 5.32 Å². The van der Waals surface area contributed by atoms with Gasteiger partial charge in [0.1, 0.15) is 0 Å². The molecule has 2 saturated carbocycles. The number of amides is 1. The maximum atomic E-state index is 12.3. The Morgan fingerprint density at radius 1 is 0.846 bits per heavy atom. The predicted molar refractivity (Wildman–Crippen MR) is 107 cm³/mol. The van der Waals surface area contributed by atoms with Gasteiger partial charge in [0.25, 0.3) is 0 Å². The Kier molecular flexibility index (Phi) is 6.56. The van der Waals surface area contributed by atoms with Crippen molar-refractivity contribution in [3.8, 4) is 0 Å². The third-order valence-electron chi connectivity index (χ3n) is 8.09. The van der Waals surface area contributed by atoms with E-state index in [1.54, 1.807) is 0 Å². The summed E-state index contributed by atoms with van der Waals surface area (Å²) in [6.45, 7) is 3.83. The summed E-state index contributed by atoms with van der Waals surface area (Å²) in [7, 11) is 0. The number of hydrogen-bond acceptors (Lipinski definition) is 2. The molecule has 148 valence electrons. The highest BCUT2D eigenvalue weighted by atomic mass is 16.2. The van der Waals surface area contributed by atoms with E-state index in [2.05, 4.69) is 10.2 Å². The van der Waals surface area contributed by atoms with Crippen LogP contribution in [-0.2, 0) is 4.79 Å². The minimum Gasteiger partial charge on any atom is -0.353 e. The van der Waals surface area contributed by atoms with Crippen LogP contribution in [0.15, 0.2) is 0 Å². The van der Waals surface area contributed by atoms with Crippen LogP contribution in [0.3, 0.4) is 0 Å². The summed E-state index contributed by atoms with van der Waals surface area (Å²) in [6.07, 6.45) is 19.3. The van der Waals surface area contributed by atoms with Gasteiger partial charge in [-0.2, -0.15) is 0 Å². The maximum Gasteiger partial charge on any atom is 0.223 e. The Bertz CT molecular complexity index is 451. The number of rotatable bonds is 6. The summed E-state index contributed by atoms with van der Waals surface area (Å²) in [5.41, 5.74) is 0. The molecule has 26 heavy (non-hydrogen) atoms. The fraction of sp³-hybridized carbons (Fsp3) is 0.957. The molecule has 2 aliphatic carbocycles. The molecular weight excluding hydrogens is 320 g/mol. The van der Waals surface area contributed by atoms with Crippen molar-refractivity contribution in [3.05, 3.63) is 0 Å². The van der Waals surface area contributed by atoms with E-state index in [0.717, 1.165) is 18.3 Å². The summed E-state index contributed by atoms with van der Waals surface area (Å²) in [5, 5.41) is 3.29. The molecule has 0 aromatic rings. The largest absolute Gasteiger partial charge is 0.353 e. The van der Waals surface area contributed by atoms with Gasteiger partial charge in [0.2, 0.25) is 5.91 Å². The van der Waals surface area contributed by atoms with Crippen LogP contribution in [0, 0.1) is 23.7 Å². The standard InChI is InChI=1S/C23H40N2O/c26-23-21(20-9-4-5-11-22(20)24-23)10-6-14-25-15-12-19(13-16-25)17-18-7-2-1-3-8-18/h18-22H,1-17H2,(H,24,26). The Balaban J connectivity index is 1.13. The Morgan fingerprint density at radius 2 is 1.54 bits per heavy atom. The minimum atomic E-state index is 0.323. The van der Waals surface area contributed by atoms with Gasteiger partial charge in [-0.15, -0.1) is 0 Å². The lowest BCUT2D eigenvalue weighted by Crippen LogP contribution is -2.35. The van der Waals surface area contributed by atoms with Crippen LogP contribution in [0.2, 0.25) is 0 Å². The van der Waals surface area contributed by atoms with Gasteiger partial charge >= 0.3 is 0 Å². The highest BCUT2D eigenvalue weighted by Crippen LogP contribution is 2.38. The third-order valence-corrected chi connectivity index (χ3v) is 8.09. The normalized spacial score (nSPS) is 34.6. The number of nitrogens with one attached hydrogen (secondary N) is 1. The summed E-state index contributed by atoms with van der Waals surface area (Å²) in [6, 6.07) is 0.511. The van der Waals surface area contributed by atoms with E-state index in [1.165, 1.54) is 103 Å². The van der Waals surface area contributed by atoms with Gasteiger partial charge in [0, 0.05) is 12.0 Å². The molecule has 1 amide bonds. The number of carbonyl (C=O) groups excluding carboxylic acids is 1. The van der Waals surface area contributed by atoms with Crippen molar-refractivity contribution in [2.24, 2.45) is 23.7 Å². The van der Waals surface area contributed by atoms with Crippen LogP contribution in [0.25, 0.3) is 0 Å². The molecule has 4 rings (SSSR count). The topological polar surface area (TPSA) is 32.3 Å². The highest BCUT2D eigenvalue weighted by Gasteiger charge is 2.42. The first-order chi connectivity index (χ1) is 12.8. The summed E-state index contributed by atoms with van der Waals surface area (Å²) in [4.78, 5) is 15.0. The average Bonchev–Trinajstić information content (AvgIpc) is 2.99. The van der Waals surface area contributed by atoms with E-state index in [0.29, 0.717) is 23.8 Å². The second kappa shape index (κ2) is 9.08. The van der Waals surface area contributed by atoms with Gasteiger partial charge in [-0.05, 0) is 82.3 Å². The average molecular weight is 361 g/mol. The van der Waals surface area contributed by atoms with Crippen molar-refractivity contribution in [2.75, 3.05) is 19.6 Å². The fourth-order valence-corrected chi connectivity index (χ4v) is 6.52. The number of carbonyl (C=O) groups is 1. The van der Waals surface area contributed by atoms with Crippen molar-refractivity contribution < 1.29 is 4.79 Å². The molecule has 3 heteroatoms. The quantitative estimate of drug-likeness (QED) is 0.741. The van der Waals surface area contributed by atoms with Gasteiger partial charge in [-0.1, -0.05) is 44.9 Å². The highest BCUT2D eigenvalue weighted by molar-refractivity contribution is 5.81. The van der Waals surface area contributed by atoms with Gasteiger partial charge in [0.05, 0.1) is 0 Å². The third kappa shape index (κ3) is 4.64. The second-order valence-corrected chi connectivity index (χ2v) is 9.84. The number of fused-ring (bicyclic) bond motifs is 1. The molecule has 0 radical (unpaired) electrons. The van der Waals surface area contributed by atoms with E-state index < -0.39 is 0 Å². The van der Waals surface area contributed by atoms with Gasteiger partial charge in [-0.25, -0.2) is 0 Å². The second-order valence-electron chi connectivity index (χ2n) is 9.84. The van der Waals surface area contributed by atoms with E-state index in [4.69, 9.17) is 0 Å². The van der Waals surface area contributed by atoms with Crippen molar-refractivity contribution in [1.29, 1.82) is 0 Å². The molecule has 0 aromatic carbocycles. The Morgan fingerprint density at radius 3 is 2.35 bits per heavy atom. The predicted octanol–water partition coefficient (Wildman–Crippen LogP) is 4.75. The van der Waals surface area contributed by atoms with E-state index >= 15 is 0 Å². The zero-order chi connectivity index (χ0) is 17.8. The van der Waals surface area contributed by atoms with Crippen molar-refractivity contribution in [1.82, 2.24) is 10.2 Å². The molecule has 2 heterocycles. The van der Waals surface area contributed by atoms with Crippen molar-refractivity contribution in [2.45, 2.75) is 95.9 Å². The monoisotopic (exact) mass is 360 g/mol. The van der Waals surface area contributed by atoms with Crippen molar-refractivity contribution >= 4 is 5.91 Å². The number of piperidine rings is 1. The summed E-state index contributed by atoms with van der Waals surface area (Å²) < 4.78 is 0. The van der Waals surface area contributed by atoms with Crippen LogP contribution in [0.4, 0.5) is 0 Å². The zero-order valence-electron chi connectivity index (χ0n) is 16.8. The molecule has 3 atom stereocenters. The smallest absolute Gasteiger partial charge is 0.223 e. The molecule has 0 spiro atoms. The minimum absolute atomic E-state index is 0.323. The van der Waals surface area contributed by atoms with Crippen LogP contribution >= 0.6 is 0 Å². The summed E-state index contributed by atoms with van der Waals surface area (Å²) >= 11 is 0. The molecule has 4 aliphatic rings. The van der Waals surface area contributed by atoms with Gasteiger partial charge < -0.3 is 10.2 Å². The number of nitrogens with zero attached hydrogens (tertiary/aromatic N) is 1. The Labute approximate surface area is 160 Å². The molecule has 3 unspecified atom stereocenters. The number of hydrogen-bond donors (Lipinski definition) is 1. The summed E-state index contributed by atoms with van der Waals surface area (Å²) in [5.74, 6) is 3.39. The molecule has 4 fully saturated rings. The van der Waals surface area contributed by atoms with Gasteiger partial charge in [0.15, 0.2) is 0 Å². The molecular formula is C23H40N2O. The first-order valence-corrected chi connectivity index (χ1v) is 11.8. The van der Waals surface area contributed by atoms with Crippen molar-refractivity contribution in [3.63, 3.8) is 0 Å². The maximum absolute atomic E-state index is 12.3. The number of likely N-dealkylation sites (tertiary alicyclic amines) is 1. The fourth-order valence-electron chi connectivity index (χ4n) is 6.52. The molecule has 0 bridgehead atoms. The first kappa shape index (κ1) is 18.8.